The second kappa shape index (κ2) is 6.84. The fourth-order valence-corrected chi connectivity index (χ4v) is 4.43. The smallest absolute Gasteiger partial charge is 0.270 e. The Labute approximate surface area is 148 Å². The van der Waals surface area contributed by atoms with E-state index in [0.29, 0.717) is 18.8 Å². The number of nitrogens with one attached hydrogen (secondary N) is 1. The molecule has 0 saturated carbocycles. The van der Waals surface area contributed by atoms with Gasteiger partial charge in [0.15, 0.2) is 0 Å². The summed E-state index contributed by atoms with van der Waals surface area (Å²) in [5.41, 5.74) is 2.94. The van der Waals surface area contributed by atoms with Gasteiger partial charge in [-0.15, -0.1) is 22.7 Å². The molecular weight excluding hydrogens is 340 g/mol. The Hall–Kier alpha value is -2.02. The molecule has 0 spiro atoms. The summed E-state index contributed by atoms with van der Waals surface area (Å²) in [5.74, 6) is -0.152. The molecule has 2 aromatic heterocycles. The lowest BCUT2D eigenvalue weighted by Gasteiger charge is -2.26. The number of aromatic nitrogens is 1. The maximum Gasteiger partial charge on any atom is 0.270 e. The molecule has 0 fully saturated rings. The number of benzene rings is 1. The van der Waals surface area contributed by atoms with E-state index < -0.39 is 0 Å². The van der Waals surface area contributed by atoms with E-state index in [9.17, 15) is 4.79 Å². The van der Waals surface area contributed by atoms with Gasteiger partial charge in [-0.25, -0.2) is 4.98 Å². The summed E-state index contributed by atoms with van der Waals surface area (Å²) in [4.78, 5) is 17.9. The molecule has 1 N–H and O–H groups in total. The van der Waals surface area contributed by atoms with Gasteiger partial charge in [-0.3, -0.25) is 4.79 Å². The average Bonchev–Trinajstić information content (AvgIpc) is 3.30. The number of carbonyl (C=O) groups is 1. The Kier molecular flexibility index (Phi) is 4.42. The second-order valence-corrected chi connectivity index (χ2v) is 7.34. The van der Waals surface area contributed by atoms with Crippen LogP contribution in [0.5, 0.6) is 0 Å². The third-order valence-electron chi connectivity index (χ3n) is 4.01. The normalized spacial score (nSPS) is 16.6. The van der Waals surface area contributed by atoms with Gasteiger partial charge >= 0.3 is 0 Å². The van der Waals surface area contributed by atoms with E-state index in [1.807, 2.05) is 29.6 Å². The fraction of sp³-hybridized carbons (Fsp3) is 0.222. The van der Waals surface area contributed by atoms with E-state index in [0.717, 1.165) is 16.3 Å². The van der Waals surface area contributed by atoms with Gasteiger partial charge in [-0.1, -0.05) is 30.3 Å². The van der Waals surface area contributed by atoms with E-state index in [2.05, 4.69) is 22.4 Å². The minimum absolute atomic E-state index is 0.0886. The van der Waals surface area contributed by atoms with E-state index in [1.54, 1.807) is 16.7 Å². The van der Waals surface area contributed by atoms with Crippen LogP contribution in [0.15, 0.2) is 47.2 Å². The van der Waals surface area contributed by atoms with Crippen LogP contribution in [0.2, 0.25) is 0 Å². The zero-order valence-corrected chi connectivity index (χ0v) is 14.5. The first-order valence-electron chi connectivity index (χ1n) is 7.78. The van der Waals surface area contributed by atoms with Crippen LogP contribution in [0, 0.1) is 0 Å². The Balaban J connectivity index is 1.43. The number of nitrogens with zero attached hydrogens (tertiary/aromatic N) is 1. The first-order valence-corrected chi connectivity index (χ1v) is 9.54. The summed E-state index contributed by atoms with van der Waals surface area (Å²) in [6.45, 7) is 1.15. The van der Waals surface area contributed by atoms with Crippen LogP contribution in [0.4, 0.5) is 0 Å². The van der Waals surface area contributed by atoms with Gasteiger partial charge in [0, 0.05) is 11.9 Å². The zero-order chi connectivity index (χ0) is 16.4. The number of amides is 1. The van der Waals surface area contributed by atoms with E-state index in [1.165, 1.54) is 22.5 Å². The number of hydrogen-bond acceptors (Lipinski definition) is 5. The molecule has 1 aliphatic heterocycles. The molecule has 0 bridgehead atoms. The number of fused-ring (bicyclic) bond motifs is 1. The van der Waals surface area contributed by atoms with Crippen LogP contribution in [0.3, 0.4) is 0 Å². The number of thiazole rings is 1. The summed E-state index contributed by atoms with van der Waals surface area (Å²) in [6.07, 6.45) is 0.839. The van der Waals surface area contributed by atoms with Crippen molar-refractivity contribution in [1.29, 1.82) is 0 Å². The van der Waals surface area contributed by atoms with Crippen molar-refractivity contribution in [2.75, 3.05) is 13.2 Å². The molecule has 1 amide bonds. The molecule has 24 heavy (non-hydrogen) atoms. The molecule has 0 saturated heterocycles. The van der Waals surface area contributed by atoms with E-state index in [-0.39, 0.29) is 12.0 Å². The Morgan fingerprint density at radius 1 is 1.25 bits per heavy atom. The van der Waals surface area contributed by atoms with Gasteiger partial charge in [0.1, 0.15) is 16.8 Å². The van der Waals surface area contributed by atoms with Crippen molar-refractivity contribution < 1.29 is 9.53 Å². The van der Waals surface area contributed by atoms with Crippen molar-refractivity contribution in [2.24, 2.45) is 0 Å². The molecule has 1 aliphatic rings. The Bertz CT molecular complexity index is 842. The molecule has 1 atom stereocenters. The lowest BCUT2D eigenvalue weighted by Crippen LogP contribution is -2.32. The largest absolute Gasteiger partial charge is 0.371 e. The molecule has 1 aromatic carbocycles. The predicted molar refractivity (Wildman–Crippen MR) is 96.6 cm³/mol. The van der Waals surface area contributed by atoms with Gasteiger partial charge in [-0.05, 0) is 29.0 Å². The first kappa shape index (κ1) is 15.5. The number of thiophene rings is 1. The highest BCUT2D eigenvalue weighted by atomic mass is 32.1. The molecule has 3 aromatic rings. The van der Waals surface area contributed by atoms with Crippen LogP contribution in [0.25, 0.3) is 9.88 Å². The quantitative estimate of drug-likeness (QED) is 0.771. The van der Waals surface area contributed by atoms with Crippen molar-refractivity contribution in [3.05, 3.63) is 64.0 Å². The van der Waals surface area contributed by atoms with Crippen molar-refractivity contribution in [3.63, 3.8) is 0 Å². The highest BCUT2D eigenvalue weighted by Gasteiger charge is 2.21. The van der Waals surface area contributed by atoms with Crippen LogP contribution in [-0.2, 0) is 11.2 Å². The van der Waals surface area contributed by atoms with E-state index in [4.69, 9.17) is 4.74 Å². The zero-order valence-electron chi connectivity index (χ0n) is 12.9. The predicted octanol–water partition coefficient (Wildman–Crippen LogP) is 3.92. The highest BCUT2D eigenvalue weighted by molar-refractivity contribution is 7.20. The van der Waals surface area contributed by atoms with Crippen molar-refractivity contribution in [3.8, 4) is 9.88 Å². The molecular formula is C18H16N2O2S2. The van der Waals surface area contributed by atoms with Crippen LogP contribution in [0.1, 0.15) is 27.7 Å². The lowest BCUT2D eigenvalue weighted by atomic mass is 9.97. The minimum Gasteiger partial charge on any atom is -0.371 e. The summed E-state index contributed by atoms with van der Waals surface area (Å²) in [5, 5.41) is 7.65. The maximum absolute atomic E-state index is 12.4. The molecule has 6 heteroatoms. The van der Waals surface area contributed by atoms with Crippen molar-refractivity contribution >= 4 is 28.6 Å². The second-order valence-electron chi connectivity index (χ2n) is 5.53. The number of carbonyl (C=O) groups excluding carboxylic acids is 1. The summed E-state index contributed by atoms with van der Waals surface area (Å²) in [6, 6.07) is 12.2. The van der Waals surface area contributed by atoms with Crippen LogP contribution in [-0.4, -0.2) is 24.0 Å². The van der Waals surface area contributed by atoms with Gasteiger partial charge in [0.2, 0.25) is 0 Å². The molecule has 0 aliphatic carbocycles. The summed E-state index contributed by atoms with van der Waals surface area (Å²) >= 11 is 3.12. The number of hydrogen-bond donors (Lipinski definition) is 1. The topological polar surface area (TPSA) is 51.2 Å². The molecule has 0 radical (unpaired) electrons. The van der Waals surface area contributed by atoms with Crippen LogP contribution < -0.4 is 5.32 Å². The fourth-order valence-electron chi connectivity index (χ4n) is 2.81. The Morgan fingerprint density at radius 3 is 3.04 bits per heavy atom. The lowest BCUT2D eigenvalue weighted by molar-refractivity contribution is 0.0411. The molecule has 0 unspecified atom stereocenters. The number of rotatable bonds is 4. The third kappa shape index (κ3) is 3.13. The van der Waals surface area contributed by atoms with Crippen LogP contribution >= 0.6 is 22.7 Å². The average molecular weight is 356 g/mol. The number of ether oxygens (including phenoxy) is 1. The standard InChI is InChI=1S/C18H16N2O2S2/c21-17(14-11-24-18(20-14)16-6-3-9-23-16)19-10-15-13-5-2-1-4-12(13)7-8-22-15/h1-6,9,11,15H,7-8,10H2,(H,19,21)/t15-/m0/s1. The van der Waals surface area contributed by atoms with Gasteiger partial charge in [-0.2, -0.15) is 0 Å². The minimum atomic E-state index is -0.152. The van der Waals surface area contributed by atoms with Gasteiger partial charge < -0.3 is 10.1 Å². The summed E-state index contributed by atoms with van der Waals surface area (Å²) in [7, 11) is 0. The molecule has 3 heterocycles. The Morgan fingerprint density at radius 2 is 2.17 bits per heavy atom. The SMILES string of the molecule is O=C(NC[C@@H]1OCCc2ccccc21)c1csc(-c2cccs2)n1. The van der Waals surface area contributed by atoms with Crippen molar-refractivity contribution in [1.82, 2.24) is 10.3 Å². The summed E-state index contributed by atoms with van der Waals surface area (Å²) < 4.78 is 5.82. The van der Waals surface area contributed by atoms with Gasteiger partial charge in [0.25, 0.3) is 5.91 Å². The monoisotopic (exact) mass is 356 g/mol. The molecule has 4 rings (SSSR count). The van der Waals surface area contributed by atoms with Gasteiger partial charge in [0.05, 0.1) is 11.5 Å². The first-order chi connectivity index (χ1) is 11.8. The van der Waals surface area contributed by atoms with Crippen molar-refractivity contribution in [2.45, 2.75) is 12.5 Å². The third-order valence-corrected chi connectivity index (χ3v) is 5.89. The molecule has 4 nitrogen and oxygen atoms in total. The highest BCUT2D eigenvalue weighted by Crippen LogP contribution is 2.28. The van der Waals surface area contributed by atoms with E-state index >= 15 is 0 Å². The molecule has 122 valence electrons. The maximum atomic E-state index is 12.4.